The van der Waals surface area contributed by atoms with E-state index < -0.39 is 0 Å². The maximum absolute atomic E-state index is 6.22. The second-order valence-electron chi connectivity index (χ2n) is 6.26. The van der Waals surface area contributed by atoms with Crippen LogP contribution in [0.3, 0.4) is 0 Å². The fourth-order valence-corrected chi connectivity index (χ4v) is 4.51. The minimum Gasteiger partial charge on any atom is -0.329 e. The molecule has 2 N–H and O–H groups in total. The third kappa shape index (κ3) is 1.74. The molecule has 3 atom stereocenters. The van der Waals surface area contributed by atoms with Gasteiger partial charge in [0.05, 0.1) is 0 Å². The third-order valence-corrected chi connectivity index (χ3v) is 5.66. The SMILES string of the molecule is CCC1CCN(C2(CN)CCN3CCCC32)C1. The zero-order chi connectivity index (χ0) is 11.9. The molecule has 17 heavy (non-hydrogen) atoms. The first kappa shape index (κ1) is 11.9. The van der Waals surface area contributed by atoms with Crippen LogP contribution in [0.2, 0.25) is 0 Å². The molecule has 3 aliphatic rings. The van der Waals surface area contributed by atoms with Gasteiger partial charge in [-0.3, -0.25) is 9.80 Å². The van der Waals surface area contributed by atoms with Crippen LogP contribution in [0.4, 0.5) is 0 Å². The Kier molecular flexibility index (Phi) is 3.18. The van der Waals surface area contributed by atoms with Crippen LogP contribution in [0.1, 0.15) is 39.0 Å². The monoisotopic (exact) mass is 237 g/mol. The second-order valence-corrected chi connectivity index (χ2v) is 6.26. The maximum Gasteiger partial charge on any atom is 0.0498 e. The van der Waals surface area contributed by atoms with E-state index >= 15 is 0 Å². The fourth-order valence-electron chi connectivity index (χ4n) is 4.51. The van der Waals surface area contributed by atoms with Crippen molar-refractivity contribution in [3.8, 4) is 0 Å². The first-order valence-corrected chi connectivity index (χ1v) is 7.49. The van der Waals surface area contributed by atoms with Gasteiger partial charge in [0.25, 0.3) is 0 Å². The molecule has 0 bridgehead atoms. The van der Waals surface area contributed by atoms with E-state index in [1.807, 2.05) is 0 Å². The number of hydrogen-bond acceptors (Lipinski definition) is 3. The Bertz CT molecular complexity index is 281. The smallest absolute Gasteiger partial charge is 0.0498 e. The molecule has 3 fully saturated rings. The average Bonchev–Trinajstić information content (AvgIpc) is 3.04. The van der Waals surface area contributed by atoms with Gasteiger partial charge in [0.2, 0.25) is 0 Å². The van der Waals surface area contributed by atoms with Crippen molar-refractivity contribution in [2.75, 3.05) is 32.7 Å². The maximum atomic E-state index is 6.22. The van der Waals surface area contributed by atoms with Crippen molar-refractivity contribution in [1.29, 1.82) is 0 Å². The molecule has 0 radical (unpaired) electrons. The molecular weight excluding hydrogens is 210 g/mol. The molecule has 0 aromatic carbocycles. The number of likely N-dealkylation sites (tertiary alicyclic amines) is 1. The highest BCUT2D eigenvalue weighted by Gasteiger charge is 2.52. The van der Waals surface area contributed by atoms with Gasteiger partial charge in [0.1, 0.15) is 0 Å². The van der Waals surface area contributed by atoms with E-state index in [0.717, 1.165) is 18.5 Å². The molecule has 0 saturated carbocycles. The van der Waals surface area contributed by atoms with Crippen molar-refractivity contribution in [3.05, 3.63) is 0 Å². The van der Waals surface area contributed by atoms with Gasteiger partial charge >= 0.3 is 0 Å². The molecule has 3 aliphatic heterocycles. The Morgan fingerprint density at radius 3 is 2.82 bits per heavy atom. The molecule has 0 aromatic heterocycles. The summed E-state index contributed by atoms with van der Waals surface area (Å²) in [6.07, 6.45) is 6.81. The summed E-state index contributed by atoms with van der Waals surface area (Å²) in [6, 6.07) is 0.767. The lowest BCUT2D eigenvalue weighted by atomic mass is 9.87. The number of hydrogen-bond donors (Lipinski definition) is 1. The largest absolute Gasteiger partial charge is 0.329 e. The number of nitrogens with two attached hydrogens (primary N) is 1. The molecule has 0 spiro atoms. The quantitative estimate of drug-likeness (QED) is 0.803. The molecule has 98 valence electrons. The van der Waals surface area contributed by atoms with E-state index in [4.69, 9.17) is 5.73 Å². The summed E-state index contributed by atoms with van der Waals surface area (Å²) < 4.78 is 0. The van der Waals surface area contributed by atoms with E-state index in [-0.39, 0.29) is 0 Å². The molecular formula is C14H27N3. The van der Waals surface area contributed by atoms with Crippen molar-refractivity contribution >= 4 is 0 Å². The van der Waals surface area contributed by atoms with E-state index in [9.17, 15) is 0 Å². The molecule has 3 heteroatoms. The zero-order valence-corrected chi connectivity index (χ0v) is 11.2. The van der Waals surface area contributed by atoms with Crippen molar-refractivity contribution in [3.63, 3.8) is 0 Å². The van der Waals surface area contributed by atoms with E-state index in [1.54, 1.807) is 0 Å². The Morgan fingerprint density at radius 1 is 1.24 bits per heavy atom. The fraction of sp³-hybridized carbons (Fsp3) is 1.00. The standard InChI is InChI=1S/C14H27N3/c1-2-12-5-8-17(10-12)14(11-15)6-9-16-7-3-4-13(14)16/h12-13H,2-11,15H2,1H3. The predicted octanol–water partition coefficient (Wildman–Crippen LogP) is 1.28. The summed E-state index contributed by atoms with van der Waals surface area (Å²) in [5.74, 6) is 0.925. The van der Waals surface area contributed by atoms with Gasteiger partial charge in [0.15, 0.2) is 0 Å². The highest BCUT2D eigenvalue weighted by Crippen LogP contribution is 2.42. The Morgan fingerprint density at radius 2 is 2.12 bits per heavy atom. The van der Waals surface area contributed by atoms with Crippen LogP contribution in [0.5, 0.6) is 0 Å². The Labute approximate surface area is 105 Å². The molecule has 3 nitrogen and oxygen atoms in total. The van der Waals surface area contributed by atoms with Crippen LogP contribution in [0.25, 0.3) is 0 Å². The minimum absolute atomic E-state index is 0.334. The Balaban J connectivity index is 1.78. The lowest BCUT2D eigenvalue weighted by Crippen LogP contribution is -2.59. The van der Waals surface area contributed by atoms with Crippen LogP contribution in [0, 0.1) is 5.92 Å². The molecule has 0 aromatic rings. The number of nitrogens with zero attached hydrogens (tertiary/aromatic N) is 2. The van der Waals surface area contributed by atoms with Gasteiger partial charge in [-0.2, -0.15) is 0 Å². The van der Waals surface area contributed by atoms with Crippen LogP contribution < -0.4 is 5.73 Å². The van der Waals surface area contributed by atoms with Crippen molar-refractivity contribution in [1.82, 2.24) is 9.80 Å². The highest BCUT2D eigenvalue weighted by molar-refractivity contribution is 5.10. The van der Waals surface area contributed by atoms with Gasteiger partial charge < -0.3 is 5.73 Å². The minimum atomic E-state index is 0.334. The predicted molar refractivity (Wildman–Crippen MR) is 71.0 cm³/mol. The van der Waals surface area contributed by atoms with Crippen LogP contribution in [-0.2, 0) is 0 Å². The summed E-state index contributed by atoms with van der Waals surface area (Å²) in [5, 5.41) is 0. The summed E-state index contributed by atoms with van der Waals surface area (Å²) in [5.41, 5.74) is 6.56. The molecule has 3 unspecified atom stereocenters. The van der Waals surface area contributed by atoms with E-state index in [1.165, 1.54) is 58.3 Å². The van der Waals surface area contributed by atoms with Crippen LogP contribution >= 0.6 is 0 Å². The number of fused-ring (bicyclic) bond motifs is 1. The van der Waals surface area contributed by atoms with E-state index in [0.29, 0.717) is 5.54 Å². The topological polar surface area (TPSA) is 32.5 Å². The van der Waals surface area contributed by atoms with Gasteiger partial charge in [-0.1, -0.05) is 13.3 Å². The molecule has 3 rings (SSSR count). The first-order valence-electron chi connectivity index (χ1n) is 7.49. The number of rotatable bonds is 3. The van der Waals surface area contributed by atoms with E-state index in [2.05, 4.69) is 16.7 Å². The molecule has 0 aliphatic carbocycles. The van der Waals surface area contributed by atoms with Gasteiger partial charge in [-0.25, -0.2) is 0 Å². The summed E-state index contributed by atoms with van der Waals surface area (Å²) >= 11 is 0. The third-order valence-electron chi connectivity index (χ3n) is 5.66. The van der Waals surface area contributed by atoms with Crippen LogP contribution in [0.15, 0.2) is 0 Å². The molecule has 0 amide bonds. The molecule has 3 heterocycles. The normalized spacial score (nSPS) is 43.4. The first-order chi connectivity index (χ1) is 8.30. The van der Waals surface area contributed by atoms with Gasteiger partial charge in [-0.05, 0) is 44.7 Å². The lowest BCUT2D eigenvalue weighted by Gasteiger charge is -2.42. The summed E-state index contributed by atoms with van der Waals surface area (Å²) in [7, 11) is 0. The Hall–Kier alpha value is -0.120. The molecule has 3 saturated heterocycles. The average molecular weight is 237 g/mol. The van der Waals surface area contributed by atoms with Crippen LogP contribution in [-0.4, -0.2) is 54.1 Å². The van der Waals surface area contributed by atoms with Gasteiger partial charge in [-0.15, -0.1) is 0 Å². The highest BCUT2D eigenvalue weighted by atomic mass is 15.3. The lowest BCUT2D eigenvalue weighted by molar-refractivity contribution is 0.0850. The summed E-state index contributed by atoms with van der Waals surface area (Å²) in [6.45, 7) is 8.40. The summed E-state index contributed by atoms with van der Waals surface area (Å²) in [4.78, 5) is 5.46. The van der Waals surface area contributed by atoms with Crippen molar-refractivity contribution in [2.45, 2.75) is 50.6 Å². The van der Waals surface area contributed by atoms with Crippen molar-refractivity contribution < 1.29 is 0 Å². The zero-order valence-electron chi connectivity index (χ0n) is 11.2. The van der Waals surface area contributed by atoms with Crippen molar-refractivity contribution in [2.24, 2.45) is 11.7 Å². The second kappa shape index (κ2) is 4.52. The van der Waals surface area contributed by atoms with Gasteiger partial charge in [0, 0.05) is 31.2 Å².